The topological polar surface area (TPSA) is 29.1 Å². The first-order chi connectivity index (χ1) is 9.73. The average Bonchev–Trinajstić information content (AvgIpc) is 2.54. The lowest BCUT2D eigenvalue weighted by Gasteiger charge is -2.26. The average molecular weight is 267 g/mol. The van der Waals surface area contributed by atoms with Gasteiger partial charge in [-0.2, -0.15) is 0 Å². The molecule has 0 heterocycles. The molecule has 0 aromatic heterocycles. The van der Waals surface area contributed by atoms with Crippen LogP contribution in [0.15, 0.2) is 54.6 Å². The summed E-state index contributed by atoms with van der Waals surface area (Å²) in [6.07, 6.45) is 2.53. The van der Waals surface area contributed by atoms with Gasteiger partial charge in [-0.15, -0.1) is 0 Å². The second-order valence-corrected chi connectivity index (χ2v) is 5.12. The van der Waals surface area contributed by atoms with Crippen molar-refractivity contribution in [2.45, 2.75) is 25.3 Å². The highest BCUT2D eigenvalue weighted by molar-refractivity contribution is 5.66. The Balaban J connectivity index is 2.19. The number of rotatable bonds is 6. The van der Waals surface area contributed by atoms with Crippen LogP contribution in [0.25, 0.3) is 11.1 Å². The molecular weight excluding hydrogens is 246 g/mol. The summed E-state index contributed by atoms with van der Waals surface area (Å²) in [7, 11) is 1.84. The minimum atomic E-state index is -0.450. The maximum Gasteiger partial charge on any atom is 0.140 e. The molecule has 0 saturated heterocycles. The minimum Gasteiger partial charge on any atom is -0.308 e. The highest BCUT2D eigenvalue weighted by Crippen LogP contribution is 2.21. The molecule has 2 heteroatoms. The third-order valence-corrected chi connectivity index (χ3v) is 3.94. The number of benzene rings is 2. The van der Waals surface area contributed by atoms with Crippen molar-refractivity contribution in [2.24, 2.45) is 0 Å². The Morgan fingerprint density at radius 2 is 1.60 bits per heavy atom. The molecule has 0 unspecified atom stereocenters. The Hall–Kier alpha value is -1.93. The van der Waals surface area contributed by atoms with Crippen molar-refractivity contribution < 1.29 is 4.79 Å². The van der Waals surface area contributed by atoms with Crippen molar-refractivity contribution in [2.75, 3.05) is 7.05 Å². The van der Waals surface area contributed by atoms with Crippen molar-refractivity contribution in [1.29, 1.82) is 0 Å². The molecule has 2 aromatic carbocycles. The summed E-state index contributed by atoms with van der Waals surface area (Å²) in [6.45, 7) is 2.03. The fourth-order valence-electron chi connectivity index (χ4n) is 2.38. The summed E-state index contributed by atoms with van der Waals surface area (Å²) in [5.74, 6) is 0. The van der Waals surface area contributed by atoms with Crippen LogP contribution in [0, 0.1) is 0 Å². The number of hydrogen-bond donors (Lipinski definition) is 1. The first kappa shape index (κ1) is 14.5. The number of nitrogens with one attached hydrogen (secondary N) is 1. The van der Waals surface area contributed by atoms with E-state index in [0.717, 1.165) is 19.1 Å². The Kier molecular flexibility index (Phi) is 4.70. The number of aldehydes is 1. The van der Waals surface area contributed by atoms with Crippen LogP contribution in [0.1, 0.15) is 18.9 Å². The Labute approximate surface area is 120 Å². The van der Waals surface area contributed by atoms with Crippen LogP contribution in [-0.4, -0.2) is 18.9 Å². The van der Waals surface area contributed by atoms with Gasteiger partial charge in [-0.1, -0.05) is 61.5 Å². The van der Waals surface area contributed by atoms with Crippen molar-refractivity contribution >= 4 is 6.29 Å². The molecule has 0 amide bonds. The van der Waals surface area contributed by atoms with Crippen molar-refractivity contribution in [3.63, 3.8) is 0 Å². The van der Waals surface area contributed by atoms with E-state index in [4.69, 9.17) is 0 Å². The van der Waals surface area contributed by atoms with Gasteiger partial charge in [0.05, 0.1) is 5.54 Å². The zero-order valence-corrected chi connectivity index (χ0v) is 12.1. The fourth-order valence-corrected chi connectivity index (χ4v) is 2.38. The number of carbonyl (C=O) groups is 1. The van der Waals surface area contributed by atoms with E-state index in [2.05, 4.69) is 41.7 Å². The molecule has 0 saturated carbocycles. The van der Waals surface area contributed by atoms with Gasteiger partial charge < -0.3 is 10.1 Å². The summed E-state index contributed by atoms with van der Waals surface area (Å²) in [5, 5.41) is 3.14. The van der Waals surface area contributed by atoms with E-state index in [1.54, 1.807) is 0 Å². The number of hydrogen-bond acceptors (Lipinski definition) is 2. The molecule has 0 aliphatic heterocycles. The van der Waals surface area contributed by atoms with Gasteiger partial charge in [-0.25, -0.2) is 0 Å². The van der Waals surface area contributed by atoms with Crippen LogP contribution in [0.2, 0.25) is 0 Å². The van der Waals surface area contributed by atoms with Gasteiger partial charge >= 0.3 is 0 Å². The highest BCUT2D eigenvalue weighted by atomic mass is 16.1. The molecule has 20 heavy (non-hydrogen) atoms. The predicted octanol–water partition coefficient (Wildman–Crippen LogP) is 3.46. The molecule has 0 radical (unpaired) electrons. The fraction of sp³-hybridized carbons (Fsp3) is 0.278. The zero-order chi connectivity index (χ0) is 14.4. The normalized spacial score (nSPS) is 13.7. The zero-order valence-electron chi connectivity index (χ0n) is 12.1. The molecule has 0 spiro atoms. The van der Waals surface area contributed by atoms with E-state index in [1.807, 2.05) is 32.2 Å². The smallest absolute Gasteiger partial charge is 0.140 e. The van der Waals surface area contributed by atoms with Gasteiger partial charge in [0.15, 0.2) is 0 Å². The first-order valence-electron chi connectivity index (χ1n) is 7.02. The summed E-state index contributed by atoms with van der Waals surface area (Å²) in [5.41, 5.74) is 3.14. The van der Waals surface area contributed by atoms with Gasteiger partial charge in [0.25, 0.3) is 0 Å². The van der Waals surface area contributed by atoms with Crippen LogP contribution in [0.5, 0.6) is 0 Å². The van der Waals surface area contributed by atoms with Gasteiger partial charge in [0.1, 0.15) is 6.29 Å². The molecule has 0 fully saturated rings. The van der Waals surface area contributed by atoms with Crippen LogP contribution in [0.4, 0.5) is 0 Å². The summed E-state index contributed by atoms with van der Waals surface area (Å²) < 4.78 is 0. The largest absolute Gasteiger partial charge is 0.308 e. The molecule has 2 aromatic rings. The number of likely N-dealkylation sites (N-methyl/N-ethyl adjacent to an activating group) is 1. The van der Waals surface area contributed by atoms with E-state index in [-0.39, 0.29) is 0 Å². The number of carbonyl (C=O) groups excluding carboxylic acids is 1. The van der Waals surface area contributed by atoms with E-state index in [1.165, 1.54) is 16.7 Å². The van der Waals surface area contributed by atoms with Crippen molar-refractivity contribution in [3.05, 3.63) is 60.2 Å². The molecular formula is C18H21NO. The summed E-state index contributed by atoms with van der Waals surface area (Å²) in [6, 6.07) is 18.7. The van der Waals surface area contributed by atoms with E-state index >= 15 is 0 Å². The van der Waals surface area contributed by atoms with Gasteiger partial charge in [0, 0.05) is 0 Å². The van der Waals surface area contributed by atoms with Crippen molar-refractivity contribution in [1.82, 2.24) is 5.32 Å². The van der Waals surface area contributed by atoms with Crippen LogP contribution >= 0.6 is 0 Å². The van der Waals surface area contributed by atoms with Gasteiger partial charge in [-0.05, 0) is 36.6 Å². The second-order valence-electron chi connectivity index (χ2n) is 5.12. The Bertz CT molecular complexity index is 541. The van der Waals surface area contributed by atoms with Crippen LogP contribution in [-0.2, 0) is 11.2 Å². The van der Waals surface area contributed by atoms with E-state index < -0.39 is 5.54 Å². The Morgan fingerprint density at radius 1 is 1.00 bits per heavy atom. The molecule has 2 nitrogen and oxygen atoms in total. The van der Waals surface area contributed by atoms with Crippen molar-refractivity contribution in [3.8, 4) is 11.1 Å². The molecule has 1 atom stereocenters. The lowest BCUT2D eigenvalue weighted by molar-refractivity contribution is -0.113. The molecule has 0 aliphatic rings. The molecule has 1 N–H and O–H groups in total. The monoisotopic (exact) mass is 267 g/mol. The molecule has 0 bridgehead atoms. The predicted molar refractivity (Wildman–Crippen MR) is 83.7 cm³/mol. The van der Waals surface area contributed by atoms with E-state index in [9.17, 15) is 4.79 Å². The molecule has 0 aliphatic carbocycles. The SMILES string of the molecule is CC[C@](C=O)(Cc1ccc(-c2ccccc2)cc1)NC. The van der Waals surface area contributed by atoms with Gasteiger partial charge in [0.2, 0.25) is 0 Å². The minimum absolute atomic E-state index is 0.450. The molecule has 2 rings (SSSR count). The maximum atomic E-state index is 11.3. The lowest BCUT2D eigenvalue weighted by Crippen LogP contribution is -2.46. The first-order valence-corrected chi connectivity index (χ1v) is 7.02. The summed E-state index contributed by atoms with van der Waals surface area (Å²) in [4.78, 5) is 11.3. The summed E-state index contributed by atoms with van der Waals surface area (Å²) >= 11 is 0. The third-order valence-electron chi connectivity index (χ3n) is 3.94. The van der Waals surface area contributed by atoms with E-state index in [0.29, 0.717) is 0 Å². The quantitative estimate of drug-likeness (QED) is 0.812. The molecule has 104 valence electrons. The third kappa shape index (κ3) is 3.14. The lowest BCUT2D eigenvalue weighted by atomic mass is 9.89. The van der Waals surface area contributed by atoms with Gasteiger partial charge in [-0.3, -0.25) is 0 Å². The van der Waals surface area contributed by atoms with Crippen LogP contribution in [0.3, 0.4) is 0 Å². The standard InChI is InChI=1S/C18H21NO/c1-3-18(14-20,19-2)13-15-9-11-17(12-10-15)16-7-5-4-6-8-16/h4-12,14,19H,3,13H2,1-2H3/t18-/m1/s1. The Morgan fingerprint density at radius 3 is 2.10 bits per heavy atom. The maximum absolute atomic E-state index is 11.3. The van der Waals surface area contributed by atoms with Crippen LogP contribution < -0.4 is 5.32 Å². The second kappa shape index (κ2) is 6.49. The highest BCUT2D eigenvalue weighted by Gasteiger charge is 2.25.